The number of rotatable bonds is 4. The van der Waals surface area contributed by atoms with Crippen LogP contribution in [0.5, 0.6) is 0 Å². The lowest BCUT2D eigenvalue weighted by Crippen LogP contribution is -2.11. The number of imidazole rings is 1. The van der Waals surface area contributed by atoms with Crippen LogP contribution in [0.25, 0.3) is 0 Å². The van der Waals surface area contributed by atoms with Crippen LogP contribution in [0.2, 0.25) is 0 Å². The molecule has 2 aromatic heterocycles. The van der Waals surface area contributed by atoms with E-state index in [0.717, 1.165) is 4.57 Å². The third-order valence-electron chi connectivity index (χ3n) is 2.81. The molecular weight excluding hydrogens is 242 g/mol. The number of aldehydes is 1. The number of aromatic nitrogens is 4. The van der Waals surface area contributed by atoms with Crippen LogP contribution < -0.4 is 0 Å². The largest absolute Gasteiger partial charge is 0.319 e. The molecule has 0 saturated heterocycles. The molecule has 0 saturated carbocycles. The fourth-order valence-electron chi connectivity index (χ4n) is 1.81. The number of hydrogen-bond acceptors (Lipinski definition) is 3. The van der Waals surface area contributed by atoms with E-state index < -0.39 is 6.55 Å². The van der Waals surface area contributed by atoms with Crippen LogP contribution in [0.4, 0.5) is 8.78 Å². The molecule has 0 aromatic carbocycles. The lowest BCUT2D eigenvalue weighted by molar-refractivity contribution is 0.0665. The molecular formula is C11H12F2N4O. The van der Waals surface area contributed by atoms with Crippen molar-refractivity contribution in [1.29, 1.82) is 0 Å². The SMILES string of the molecule is Cc1nn(Cc2nccn2C(F)F)c(C)c1C=O. The Hall–Kier alpha value is -2.05. The first-order valence-corrected chi connectivity index (χ1v) is 5.33. The minimum atomic E-state index is -2.63. The van der Waals surface area contributed by atoms with E-state index >= 15 is 0 Å². The first kappa shape index (κ1) is 12.4. The van der Waals surface area contributed by atoms with Crippen molar-refractivity contribution in [3.63, 3.8) is 0 Å². The Bertz CT molecular complexity index is 574. The zero-order valence-corrected chi connectivity index (χ0v) is 9.97. The van der Waals surface area contributed by atoms with E-state index in [1.807, 2.05) is 0 Å². The summed E-state index contributed by atoms with van der Waals surface area (Å²) < 4.78 is 27.6. The number of nitrogens with zero attached hydrogens (tertiary/aromatic N) is 4. The van der Waals surface area contributed by atoms with Crippen LogP contribution in [0, 0.1) is 13.8 Å². The van der Waals surface area contributed by atoms with E-state index in [2.05, 4.69) is 10.1 Å². The van der Waals surface area contributed by atoms with Gasteiger partial charge in [0, 0.05) is 18.1 Å². The van der Waals surface area contributed by atoms with Crippen molar-refractivity contribution in [2.75, 3.05) is 0 Å². The second-order valence-electron chi connectivity index (χ2n) is 3.89. The van der Waals surface area contributed by atoms with Crippen molar-refractivity contribution in [3.05, 3.63) is 35.2 Å². The third kappa shape index (κ3) is 2.03. The van der Waals surface area contributed by atoms with E-state index in [0.29, 0.717) is 23.2 Å². The summed E-state index contributed by atoms with van der Waals surface area (Å²) >= 11 is 0. The topological polar surface area (TPSA) is 52.7 Å². The first-order valence-electron chi connectivity index (χ1n) is 5.33. The summed E-state index contributed by atoms with van der Waals surface area (Å²) in [5.41, 5.74) is 1.72. The average Bonchev–Trinajstić information content (AvgIpc) is 2.86. The van der Waals surface area contributed by atoms with Crippen LogP contribution in [0.3, 0.4) is 0 Å². The molecule has 0 atom stereocenters. The van der Waals surface area contributed by atoms with Gasteiger partial charge in [-0.25, -0.2) is 4.98 Å². The Balaban J connectivity index is 2.34. The molecule has 2 heterocycles. The molecule has 0 radical (unpaired) electrons. The van der Waals surface area contributed by atoms with Crippen LogP contribution in [-0.2, 0) is 6.54 Å². The summed E-state index contributed by atoms with van der Waals surface area (Å²) in [6.45, 7) is 0.898. The van der Waals surface area contributed by atoms with Crippen molar-refractivity contribution in [2.24, 2.45) is 0 Å². The Morgan fingerprint density at radius 2 is 2.17 bits per heavy atom. The van der Waals surface area contributed by atoms with Gasteiger partial charge in [-0.1, -0.05) is 0 Å². The van der Waals surface area contributed by atoms with Gasteiger partial charge in [0.1, 0.15) is 5.82 Å². The molecule has 0 aliphatic carbocycles. The Labute approximate surface area is 102 Å². The van der Waals surface area contributed by atoms with Crippen molar-refractivity contribution in [2.45, 2.75) is 26.9 Å². The van der Waals surface area contributed by atoms with E-state index in [1.165, 1.54) is 17.1 Å². The number of halogens is 2. The summed E-state index contributed by atoms with van der Waals surface area (Å²) in [5, 5.41) is 4.14. The van der Waals surface area contributed by atoms with E-state index in [4.69, 9.17) is 0 Å². The van der Waals surface area contributed by atoms with Gasteiger partial charge < -0.3 is 0 Å². The Kier molecular flexibility index (Phi) is 3.22. The highest BCUT2D eigenvalue weighted by molar-refractivity contribution is 5.78. The van der Waals surface area contributed by atoms with Gasteiger partial charge in [0.25, 0.3) is 0 Å². The second kappa shape index (κ2) is 4.67. The van der Waals surface area contributed by atoms with E-state index in [9.17, 15) is 13.6 Å². The van der Waals surface area contributed by atoms with Crippen molar-refractivity contribution in [3.8, 4) is 0 Å². The molecule has 96 valence electrons. The highest BCUT2D eigenvalue weighted by atomic mass is 19.3. The maximum Gasteiger partial charge on any atom is 0.319 e. The predicted molar refractivity (Wildman–Crippen MR) is 59.7 cm³/mol. The van der Waals surface area contributed by atoms with E-state index in [-0.39, 0.29) is 12.4 Å². The first-order chi connectivity index (χ1) is 8.54. The van der Waals surface area contributed by atoms with Gasteiger partial charge in [-0.2, -0.15) is 13.9 Å². The molecule has 18 heavy (non-hydrogen) atoms. The second-order valence-corrected chi connectivity index (χ2v) is 3.89. The zero-order valence-electron chi connectivity index (χ0n) is 9.97. The summed E-state index contributed by atoms with van der Waals surface area (Å²) in [7, 11) is 0. The van der Waals surface area contributed by atoms with Gasteiger partial charge in [-0.3, -0.25) is 14.0 Å². The van der Waals surface area contributed by atoms with Crippen LogP contribution >= 0.6 is 0 Å². The number of aryl methyl sites for hydroxylation is 1. The zero-order chi connectivity index (χ0) is 13.3. The minimum absolute atomic E-state index is 0.109. The van der Waals surface area contributed by atoms with Gasteiger partial charge in [-0.15, -0.1) is 0 Å². The molecule has 7 heteroatoms. The molecule has 0 fully saturated rings. The highest BCUT2D eigenvalue weighted by Gasteiger charge is 2.15. The molecule has 0 bridgehead atoms. The number of carbonyl (C=O) groups is 1. The van der Waals surface area contributed by atoms with Crippen molar-refractivity contribution >= 4 is 6.29 Å². The maximum absolute atomic E-state index is 12.7. The summed E-state index contributed by atoms with van der Waals surface area (Å²) in [4.78, 5) is 14.7. The molecule has 2 aromatic rings. The fraction of sp³-hybridized carbons (Fsp3) is 0.364. The maximum atomic E-state index is 12.7. The van der Waals surface area contributed by atoms with Crippen molar-refractivity contribution in [1.82, 2.24) is 19.3 Å². The lowest BCUT2D eigenvalue weighted by Gasteiger charge is -2.07. The Morgan fingerprint density at radius 1 is 1.44 bits per heavy atom. The number of carbonyl (C=O) groups excluding carboxylic acids is 1. The van der Waals surface area contributed by atoms with E-state index in [1.54, 1.807) is 13.8 Å². The summed E-state index contributed by atoms with van der Waals surface area (Å²) in [5.74, 6) is 0.202. The van der Waals surface area contributed by atoms with Gasteiger partial charge in [0.05, 0.1) is 17.8 Å². The van der Waals surface area contributed by atoms with Crippen LogP contribution in [0.1, 0.15) is 34.1 Å². The molecule has 0 aliphatic heterocycles. The van der Waals surface area contributed by atoms with Gasteiger partial charge >= 0.3 is 6.55 Å². The number of alkyl halides is 2. The molecule has 0 amide bonds. The lowest BCUT2D eigenvalue weighted by atomic mass is 10.2. The van der Waals surface area contributed by atoms with Gasteiger partial charge in [-0.05, 0) is 13.8 Å². The minimum Gasteiger partial charge on any atom is -0.298 e. The standard InChI is InChI=1S/C11H12F2N4O/c1-7-9(6-18)8(2)17(15-7)5-10-14-3-4-16(10)11(12)13/h3-4,6,11H,5H2,1-2H3. The molecule has 0 unspecified atom stereocenters. The van der Waals surface area contributed by atoms with Crippen molar-refractivity contribution < 1.29 is 13.6 Å². The summed E-state index contributed by atoms with van der Waals surface area (Å²) in [6, 6.07) is 0. The van der Waals surface area contributed by atoms with Crippen LogP contribution in [-0.4, -0.2) is 25.6 Å². The monoisotopic (exact) mass is 254 g/mol. The molecule has 0 N–H and O–H groups in total. The molecule has 0 aliphatic rings. The van der Waals surface area contributed by atoms with Crippen LogP contribution in [0.15, 0.2) is 12.4 Å². The smallest absolute Gasteiger partial charge is 0.298 e. The molecule has 0 spiro atoms. The van der Waals surface area contributed by atoms with Gasteiger partial charge in [0.15, 0.2) is 6.29 Å². The molecule has 2 rings (SSSR count). The predicted octanol–water partition coefficient (Wildman–Crippen LogP) is 1.95. The fourth-order valence-corrected chi connectivity index (χ4v) is 1.81. The summed E-state index contributed by atoms with van der Waals surface area (Å²) in [6.07, 6.45) is 3.24. The highest BCUT2D eigenvalue weighted by Crippen LogP contribution is 2.16. The van der Waals surface area contributed by atoms with Gasteiger partial charge in [0.2, 0.25) is 0 Å². The third-order valence-corrected chi connectivity index (χ3v) is 2.81. The molecule has 5 nitrogen and oxygen atoms in total. The average molecular weight is 254 g/mol. The Morgan fingerprint density at radius 3 is 2.72 bits per heavy atom. The normalized spacial score (nSPS) is 11.2. The quantitative estimate of drug-likeness (QED) is 0.783. The number of hydrogen-bond donors (Lipinski definition) is 0.